The summed E-state index contributed by atoms with van der Waals surface area (Å²) in [6, 6.07) is -0.178. The summed E-state index contributed by atoms with van der Waals surface area (Å²) in [7, 11) is -1.65. The molecular formula is C16H22ClN7O2S. The number of rotatable bonds is 7. The second-order valence-electron chi connectivity index (χ2n) is 6.27. The number of hydrogen-bond acceptors (Lipinski definition) is 7. The standard InChI is InChI=1S/C16H22ClN7O2S/c1-3-27(25,26)24-7-5-4-6-13(24)9-18-15-14(17)10-19-16(22-15)21-12-8-20-23(2)11-12/h3,8,10-11,13H,1,4-7,9H2,2H3,(H2,18,19,21,22)/t13-/m0/s1. The lowest BCUT2D eigenvalue weighted by Crippen LogP contribution is -2.46. The zero-order valence-corrected chi connectivity index (χ0v) is 16.5. The lowest BCUT2D eigenvalue weighted by Gasteiger charge is -2.33. The number of aryl methyl sites for hydroxylation is 1. The Labute approximate surface area is 163 Å². The van der Waals surface area contributed by atoms with Gasteiger partial charge in [0.25, 0.3) is 0 Å². The Morgan fingerprint density at radius 3 is 2.93 bits per heavy atom. The molecule has 2 N–H and O–H groups in total. The lowest BCUT2D eigenvalue weighted by molar-refractivity contribution is 0.264. The van der Waals surface area contributed by atoms with Gasteiger partial charge in [-0.05, 0) is 12.8 Å². The van der Waals surface area contributed by atoms with E-state index in [1.807, 2.05) is 7.05 Å². The van der Waals surface area contributed by atoms with Crippen LogP contribution in [-0.2, 0) is 17.1 Å². The molecule has 2 aromatic rings. The van der Waals surface area contributed by atoms with Crippen molar-refractivity contribution in [1.29, 1.82) is 0 Å². The van der Waals surface area contributed by atoms with Gasteiger partial charge in [0.2, 0.25) is 16.0 Å². The molecule has 11 heteroatoms. The molecule has 1 atom stereocenters. The minimum atomic E-state index is -3.46. The van der Waals surface area contributed by atoms with Crippen LogP contribution in [0.3, 0.4) is 0 Å². The molecule has 0 unspecified atom stereocenters. The van der Waals surface area contributed by atoms with Crippen LogP contribution in [0.5, 0.6) is 0 Å². The van der Waals surface area contributed by atoms with Gasteiger partial charge in [0.05, 0.1) is 18.1 Å². The van der Waals surface area contributed by atoms with E-state index < -0.39 is 10.0 Å². The number of anilines is 3. The van der Waals surface area contributed by atoms with E-state index in [1.54, 1.807) is 17.1 Å². The van der Waals surface area contributed by atoms with Crippen molar-refractivity contribution in [3.63, 3.8) is 0 Å². The molecule has 2 aromatic heterocycles. The quantitative estimate of drug-likeness (QED) is 0.720. The molecule has 3 rings (SSSR count). The smallest absolute Gasteiger partial charge is 0.235 e. The Morgan fingerprint density at radius 1 is 1.41 bits per heavy atom. The van der Waals surface area contributed by atoms with Crippen LogP contribution in [-0.4, -0.2) is 51.6 Å². The van der Waals surface area contributed by atoms with Crippen molar-refractivity contribution in [2.24, 2.45) is 7.05 Å². The molecule has 3 heterocycles. The summed E-state index contributed by atoms with van der Waals surface area (Å²) < 4.78 is 27.6. The van der Waals surface area contributed by atoms with Gasteiger partial charge in [-0.25, -0.2) is 13.4 Å². The molecule has 9 nitrogen and oxygen atoms in total. The predicted molar refractivity (Wildman–Crippen MR) is 105 cm³/mol. The van der Waals surface area contributed by atoms with E-state index in [0.717, 1.165) is 30.4 Å². The van der Waals surface area contributed by atoms with Crippen LogP contribution < -0.4 is 10.6 Å². The van der Waals surface area contributed by atoms with E-state index in [2.05, 4.69) is 32.3 Å². The predicted octanol–water partition coefficient (Wildman–Crippen LogP) is 2.35. The number of piperidine rings is 1. The highest BCUT2D eigenvalue weighted by atomic mass is 35.5. The fourth-order valence-electron chi connectivity index (χ4n) is 2.99. The molecule has 146 valence electrons. The van der Waals surface area contributed by atoms with Gasteiger partial charge in [-0.15, -0.1) is 0 Å². The molecule has 0 radical (unpaired) electrons. The molecule has 27 heavy (non-hydrogen) atoms. The van der Waals surface area contributed by atoms with Gasteiger partial charge in [0.1, 0.15) is 5.02 Å². The number of aromatic nitrogens is 4. The summed E-state index contributed by atoms with van der Waals surface area (Å²) >= 11 is 6.19. The van der Waals surface area contributed by atoms with Crippen molar-refractivity contribution in [2.75, 3.05) is 23.7 Å². The van der Waals surface area contributed by atoms with E-state index in [0.29, 0.717) is 29.9 Å². The summed E-state index contributed by atoms with van der Waals surface area (Å²) in [6.07, 6.45) is 7.53. The van der Waals surface area contributed by atoms with Crippen LogP contribution in [0, 0.1) is 0 Å². The Bertz CT molecular complexity index is 915. The first-order valence-electron chi connectivity index (χ1n) is 8.55. The first kappa shape index (κ1) is 19.6. The third-order valence-electron chi connectivity index (χ3n) is 4.32. The number of nitrogens with zero attached hydrogens (tertiary/aromatic N) is 5. The minimum absolute atomic E-state index is 0.178. The minimum Gasteiger partial charge on any atom is -0.367 e. The number of hydrogen-bond donors (Lipinski definition) is 2. The average molecular weight is 412 g/mol. The Hall–Kier alpha value is -2.17. The second-order valence-corrected chi connectivity index (χ2v) is 8.51. The largest absolute Gasteiger partial charge is 0.367 e. The van der Waals surface area contributed by atoms with Crippen LogP contribution in [0.4, 0.5) is 17.5 Å². The van der Waals surface area contributed by atoms with Crippen LogP contribution >= 0.6 is 11.6 Å². The van der Waals surface area contributed by atoms with Crippen molar-refractivity contribution < 1.29 is 8.42 Å². The number of sulfonamides is 1. The van der Waals surface area contributed by atoms with Crippen LogP contribution in [0.2, 0.25) is 5.02 Å². The second kappa shape index (κ2) is 8.24. The normalized spacial score (nSPS) is 18.2. The molecule has 0 aliphatic carbocycles. The molecule has 1 fully saturated rings. The van der Waals surface area contributed by atoms with Crippen LogP contribution in [0.15, 0.2) is 30.6 Å². The van der Waals surface area contributed by atoms with Gasteiger partial charge in [0.15, 0.2) is 5.82 Å². The summed E-state index contributed by atoms with van der Waals surface area (Å²) in [4.78, 5) is 8.53. The third-order valence-corrected chi connectivity index (χ3v) is 6.15. The third kappa shape index (κ3) is 4.76. The van der Waals surface area contributed by atoms with Gasteiger partial charge in [0, 0.05) is 37.8 Å². The topological polar surface area (TPSA) is 105 Å². The van der Waals surface area contributed by atoms with Crippen molar-refractivity contribution in [2.45, 2.75) is 25.3 Å². The van der Waals surface area contributed by atoms with Gasteiger partial charge in [-0.2, -0.15) is 14.4 Å². The summed E-state index contributed by atoms with van der Waals surface area (Å²) in [5, 5.41) is 11.6. The maximum atomic E-state index is 12.2. The maximum absolute atomic E-state index is 12.2. The summed E-state index contributed by atoms with van der Waals surface area (Å²) in [5.74, 6) is 0.814. The zero-order chi connectivity index (χ0) is 19.4. The molecule has 1 aliphatic heterocycles. The summed E-state index contributed by atoms with van der Waals surface area (Å²) in [6.45, 7) is 4.31. The van der Waals surface area contributed by atoms with E-state index >= 15 is 0 Å². The lowest BCUT2D eigenvalue weighted by atomic mass is 10.1. The van der Waals surface area contributed by atoms with Gasteiger partial charge in [-0.1, -0.05) is 24.6 Å². The summed E-state index contributed by atoms with van der Waals surface area (Å²) in [5.41, 5.74) is 0.751. The van der Waals surface area contributed by atoms with Crippen molar-refractivity contribution in [3.05, 3.63) is 35.6 Å². The van der Waals surface area contributed by atoms with Crippen molar-refractivity contribution in [3.8, 4) is 0 Å². The Balaban J connectivity index is 1.71. The van der Waals surface area contributed by atoms with Gasteiger partial charge >= 0.3 is 0 Å². The first-order chi connectivity index (χ1) is 12.9. The molecule has 0 saturated carbocycles. The van der Waals surface area contributed by atoms with Crippen LogP contribution in [0.1, 0.15) is 19.3 Å². The van der Waals surface area contributed by atoms with E-state index in [1.165, 1.54) is 10.5 Å². The van der Waals surface area contributed by atoms with Crippen molar-refractivity contribution in [1.82, 2.24) is 24.1 Å². The molecular weight excluding hydrogens is 390 g/mol. The highest BCUT2D eigenvalue weighted by molar-refractivity contribution is 7.92. The van der Waals surface area contributed by atoms with Crippen molar-refractivity contribution >= 4 is 39.1 Å². The number of halogens is 1. The highest BCUT2D eigenvalue weighted by Gasteiger charge is 2.30. The van der Waals surface area contributed by atoms with E-state index in [4.69, 9.17) is 11.6 Å². The molecule has 0 spiro atoms. The fourth-order valence-corrected chi connectivity index (χ4v) is 4.32. The van der Waals surface area contributed by atoms with Gasteiger partial charge in [-0.3, -0.25) is 4.68 Å². The molecule has 0 aromatic carbocycles. The van der Waals surface area contributed by atoms with E-state index in [-0.39, 0.29) is 6.04 Å². The van der Waals surface area contributed by atoms with E-state index in [9.17, 15) is 8.42 Å². The molecule has 0 amide bonds. The Morgan fingerprint density at radius 2 is 2.22 bits per heavy atom. The maximum Gasteiger partial charge on any atom is 0.235 e. The number of nitrogens with one attached hydrogen (secondary N) is 2. The van der Waals surface area contributed by atoms with Crippen LogP contribution in [0.25, 0.3) is 0 Å². The first-order valence-corrected chi connectivity index (χ1v) is 10.4. The average Bonchev–Trinajstić information content (AvgIpc) is 3.07. The zero-order valence-electron chi connectivity index (χ0n) is 15.0. The SMILES string of the molecule is C=CS(=O)(=O)N1CCCC[C@H]1CNc1nc(Nc2cnn(C)c2)ncc1Cl. The van der Waals surface area contributed by atoms with Gasteiger partial charge < -0.3 is 10.6 Å². The Kier molecular flexibility index (Phi) is 5.98. The highest BCUT2D eigenvalue weighted by Crippen LogP contribution is 2.24. The fraction of sp³-hybridized carbons (Fsp3) is 0.438. The molecule has 1 aliphatic rings. The monoisotopic (exact) mass is 411 g/mol. The molecule has 0 bridgehead atoms. The molecule has 1 saturated heterocycles.